The predicted molar refractivity (Wildman–Crippen MR) is 134 cm³/mol. The van der Waals surface area contributed by atoms with E-state index in [-0.39, 0.29) is 9.22 Å². The summed E-state index contributed by atoms with van der Waals surface area (Å²) in [4.78, 5) is 30.8. The van der Waals surface area contributed by atoms with Gasteiger partial charge in [-0.2, -0.15) is 0 Å². The molecule has 1 aromatic carbocycles. The molecule has 3 amide bonds. The lowest BCUT2D eigenvalue weighted by molar-refractivity contribution is 0.0443. The minimum absolute atomic E-state index is 0.126. The van der Waals surface area contributed by atoms with E-state index in [1.807, 2.05) is 0 Å². The number of carbonyl (C=O) groups is 2. The van der Waals surface area contributed by atoms with Gasteiger partial charge in [-0.3, -0.25) is 0 Å². The number of nitrogens with zero attached hydrogens (tertiary/aromatic N) is 2. The zero-order chi connectivity index (χ0) is 25.8. The summed E-state index contributed by atoms with van der Waals surface area (Å²) in [6.07, 6.45) is 5.41. The number of fused-ring (bicyclic) bond motifs is 2. The van der Waals surface area contributed by atoms with Gasteiger partial charge < -0.3 is 15.2 Å². The van der Waals surface area contributed by atoms with E-state index in [4.69, 9.17) is 9.52 Å². The standard InChI is InChI=1S/C24H32N4O5S2/c1-23(2,3)33-22(30)28(35(25,32)18-13-26-20(34-18)24(4,5)31)21(29)27-19-16-10-6-8-14(16)12-15-9-7-11-17(15)19/h12-13,25,31H,6-11H2,1-5H3,(H,27,29). The fraction of sp³-hybridized carbons (Fsp3) is 0.542. The van der Waals surface area contributed by atoms with E-state index < -0.39 is 33.2 Å². The van der Waals surface area contributed by atoms with Crippen molar-refractivity contribution in [1.29, 1.82) is 4.78 Å². The number of imide groups is 1. The van der Waals surface area contributed by atoms with Crippen LogP contribution in [0.1, 0.15) is 74.7 Å². The monoisotopic (exact) mass is 520 g/mol. The molecule has 0 saturated heterocycles. The number of nitrogens with one attached hydrogen (secondary N) is 2. The summed E-state index contributed by atoms with van der Waals surface area (Å²) in [5, 5.41) is 13.3. The maximum Gasteiger partial charge on any atom is 0.431 e. The SMILES string of the molecule is CC(C)(C)OC(=O)N(C(=O)Nc1c2c(cc3c1CCC3)CCC2)S(=N)(=O)c1cnc(C(C)(C)O)s1. The van der Waals surface area contributed by atoms with Gasteiger partial charge in [-0.15, -0.1) is 15.6 Å². The number of urea groups is 1. The molecule has 1 atom stereocenters. The molecule has 2 aromatic rings. The molecule has 0 bridgehead atoms. The molecule has 0 spiro atoms. The van der Waals surface area contributed by atoms with Crippen LogP contribution in [-0.4, -0.2) is 36.3 Å². The lowest BCUT2D eigenvalue weighted by atomic mass is 9.99. The highest BCUT2D eigenvalue weighted by molar-refractivity contribution is 7.93. The average molecular weight is 521 g/mol. The fourth-order valence-electron chi connectivity index (χ4n) is 4.49. The third-order valence-corrected chi connectivity index (χ3v) is 9.50. The van der Waals surface area contributed by atoms with E-state index in [0.29, 0.717) is 9.99 Å². The third kappa shape index (κ3) is 5.07. The molecule has 9 nitrogen and oxygen atoms in total. The summed E-state index contributed by atoms with van der Waals surface area (Å²) in [5.41, 5.74) is 2.82. The Hall–Kier alpha value is -2.50. The number of rotatable bonds is 4. The number of aromatic nitrogens is 1. The van der Waals surface area contributed by atoms with Gasteiger partial charge in [-0.1, -0.05) is 6.07 Å². The number of aliphatic hydroxyl groups is 1. The summed E-state index contributed by atoms with van der Waals surface area (Å²) in [5.74, 6) is 0. The number of carbonyl (C=O) groups excluding carboxylic acids is 2. The molecule has 1 unspecified atom stereocenters. The van der Waals surface area contributed by atoms with Gasteiger partial charge >= 0.3 is 12.1 Å². The van der Waals surface area contributed by atoms with Crippen LogP contribution in [0.25, 0.3) is 0 Å². The minimum atomic E-state index is -4.17. The van der Waals surface area contributed by atoms with Crippen molar-refractivity contribution in [2.45, 2.75) is 88.6 Å². The molecular weight excluding hydrogens is 488 g/mol. The van der Waals surface area contributed by atoms with E-state index >= 15 is 0 Å². The average Bonchev–Trinajstić information content (AvgIpc) is 3.45. The van der Waals surface area contributed by atoms with Crippen LogP contribution in [0.4, 0.5) is 15.3 Å². The Balaban J connectivity index is 1.75. The highest BCUT2D eigenvalue weighted by Crippen LogP contribution is 2.39. The molecule has 11 heteroatoms. The van der Waals surface area contributed by atoms with Crippen molar-refractivity contribution < 1.29 is 23.6 Å². The molecular formula is C24H32N4O5S2. The molecule has 0 aliphatic heterocycles. The van der Waals surface area contributed by atoms with Crippen LogP contribution in [-0.2, 0) is 45.9 Å². The van der Waals surface area contributed by atoms with Crippen LogP contribution in [0.2, 0.25) is 0 Å². The number of aryl methyl sites for hydroxylation is 2. The van der Waals surface area contributed by atoms with Crippen LogP contribution in [0.15, 0.2) is 16.5 Å². The Morgan fingerprint density at radius 2 is 1.69 bits per heavy atom. The van der Waals surface area contributed by atoms with Gasteiger partial charge in [0.1, 0.15) is 20.4 Å². The molecule has 0 fully saturated rings. The smallest absolute Gasteiger partial charge is 0.431 e. The number of amides is 3. The molecule has 0 radical (unpaired) electrons. The number of benzene rings is 1. The molecule has 1 aromatic heterocycles. The van der Waals surface area contributed by atoms with Gasteiger partial charge in [-0.05, 0) is 95.4 Å². The second-order valence-corrected chi connectivity index (χ2v) is 13.7. The molecule has 2 aliphatic carbocycles. The number of hydrogen-bond donors (Lipinski definition) is 3. The number of thiazole rings is 1. The second-order valence-electron chi connectivity index (χ2n) is 10.5. The van der Waals surface area contributed by atoms with Gasteiger partial charge in [0.25, 0.3) is 0 Å². The number of ether oxygens (including phenoxy) is 1. The quantitative estimate of drug-likeness (QED) is 0.511. The molecule has 4 rings (SSSR count). The Morgan fingerprint density at radius 1 is 1.11 bits per heavy atom. The van der Waals surface area contributed by atoms with Gasteiger partial charge in [0.05, 0.1) is 6.20 Å². The zero-order valence-electron chi connectivity index (χ0n) is 20.7. The normalized spacial score (nSPS) is 16.9. The van der Waals surface area contributed by atoms with E-state index in [0.717, 1.165) is 67.2 Å². The summed E-state index contributed by atoms with van der Waals surface area (Å²) in [7, 11) is -4.17. The summed E-state index contributed by atoms with van der Waals surface area (Å²) >= 11 is 0.821. The Labute approximate surface area is 210 Å². The van der Waals surface area contributed by atoms with Crippen LogP contribution in [0.3, 0.4) is 0 Å². The highest BCUT2D eigenvalue weighted by Gasteiger charge is 2.39. The molecule has 3 N–H and O–H groups in total. The van der Waals surface area contributed by atoms with E-state index in [2.05, 4.69) is 16.4 Å². The Morgan fingerprint density at radius 3 is 2.17 bits per heavy atom. The molecule has 35 heavy (non-hydrogen) atoms. The Bertz CT molecular complexity index is 1250. The number of hydrogen-bond acceptors (Lipinski definition) is 8. The predicted octanol–water partition coefficient (Wildman–Crippen LogP) is 5.14. The number of anilines is 1. The van der Waals surface area contributed by atoms with Crippen molar-refractivity contribution in [3.05, 3.63) is 39.5 Å². The summed E-state index contributed by atoms with van der Waals surface area (Å²) in [6.45, 7) is 7.90. The van der Waals surface area contributed by atoms with Gasteiger partial charge in [-0.25, -0.2) is 23.6 Å². The first-order valence-electron chi connectivity index (χ1n) is 11.7. The summed E-state index contributed by atoms with van der Waals surface area (Å²) in [6, 6.07) is 1.24. The summed E-state index contributed by atoms with van der Waals surface area (Å²) < 4.78 is 28.1. The first kappa shape index (κ1) is 25.6. The van der Waals surface area contributed by atoms with Crippen molar-refractivity contribution in [2.75, 3.05) is 5.32 Å². The van der Waals surface area contributed by atoms with E-state index in [1.165, 1.54) is 25.0 Å². The lowest BCUT2D eigenvalue weighted by Gasteiger charge is -2.27. The van der Waals surface area contributed by atoms with Crippen molar-refractivity contribution in [3.63, 3.8) is 0 Å². The zero-order valence-corrected chi connectivity index (χ0v) is 22.3. The maximum atomic E-state index is 13.8. The van der Waals surface area contributed by atoms with Crippen molar-refractivity contribution in [3.8, 4) is 0 Å². The molecule has 0 saturated carbocycles. The molecule has 190 valence electrons. The van der Waals surface area contributed by atoms with Gasteiger partial charge in [0, 0.05) is 5.69 Å². The first-order valence-corrected chi connectivity index (χ1v) is 14.0. The Kier molecular flexibility index (Phi) is 6.48. The largest absolute Gasteiger partial charge is 0.443 e. The topological polar surface area (TPSA) is 133 Å². The first-order chi connectivity index (χ1) is 16.2. The highest BCUT2D eigenvalue weighted by atomic mass is 32.2. The molecule has 1 heterocycles. The van der Waals surface area contributed by atoms with Crippen molar-refractivity contribution >= 4 is 39.1 Å². The minimum Gasteiger partial charge on any atom is -0.443 e. The van der Waals surface area contributed by atoms with Crippen LogP contribution >= 0.6 is 11.3 Å². The van der Waals surface area contributed by atoms with Crippen molar-refractivity contribution in [2.24, 2.45) is 0 Å². The third-order valence-electron chi connectivity index (χ3n) is 5.99. The van der Waals surface area contributed by atoms with E-state index in [1.54, 1.807) is 20.8 Å². The van der Waals surface area contributed by atoms with Crippen LogP contribution in [0.5, 0.6) is 0 Å². The van der Waals surface area contributed by atoms with Crippen molar-refractivity contribution in [1.82, 2.24) is 9.29 Å². The van der Waals surface area contributed by atoms with Crippen LogP contribution in [0, 0.1) is 4.78 Å². The maximum absolute atomic E-state index is 13.8. The van der Waals surface area contributed by atoms with E-state index in [9.17, 15) is 18.9 Å². The second kappa shape index (κ2) is 8.86. The fourth-order valence-corrected chi connectivity index (χ4v) is 6.96. The molecule has 2 aliphatic rings. The van der Waals surface area contributed by atoms with Crippen LogP contribution < -0.4 is 5.32 Å². The van der Waals surface area contributed by atoms with Gasteiger partial charge in [0.2, 0.25) is 0 Å². The lowest BCUT2D eigenvalue weighted by Crippen LogP contribution is -2.46. The van der Waals surface area contributed by atoms with Gasteiger partial charge in [0.15, 0.2) is 9.92 Å².